The monoisotopic (exact) mass is 239 g/mol. The van der Waals surface area contributed by atoms with E-state index < -0.39 is 0 Å². The van der Waals surface area contributed by atoms with Crippen LogP contribution >= 0.6 is 0 Å². The van der Waals surface area contributed by atoms with Crippen molar-refractivity contribution in [1.82, 2.24) is 5.32 Å². The van der Waals surface area contributed by atoms with Gasteiger partial charge in [-0.15, -0.1) is 0 Å². The Labute approximate surface area is 107 Å². The second-order valence-electron chi connectivity index (χ2n) is 7.21. The third-order valence-corrected chi connectivity index (χ3v) is 4.13. The van der Waals surface area contributed by atoms with Crippen molar-refractivity contribution in [2.75, 3.05) is 13.1 Å². The lowest BCUT2D eigenvalue weighted by Gasteiger charge is -2.33. The number of ether oxygens (including phenoxy) is 1. The Morgan fingerprint density at radius 1 is 1.12 bits per heavy atom. The van der Waals surface area contributed by atoms with E-state index in [4.69, 9.17) is 4.74 Å². The smallest absolute Gasteiger partial charge is 0.0708 e. The van der Waals surface area contributed by atoms with E-state index in [0.717, 1.165) is 13.1 Å². The minimum atomic E-state index is 0.284. The summed E-state index contributed by atoms with van der Waals surface area (Å²) in [7, 11) is 0. The Balaban J connectivity index is 1.70. The van der Waals surface area contributed by atoms with Crippen molar-refractivity contribution in [2.24, 2.45) is 5.41 Å². The summed E-state index contributed by atoms with van der Waals surface area (Å²) in [5.41, 5.74) is 0.660. The van der Waals surface area contributed by atoms with Crippen molar-refractivity contribution in [1.29, 1.82) is 0 Å². The van der Waals surface area contributed by atoms with Gasteiger partial charge in [0.25, 0.3) is 0 Å². The van der Waals surface area contributed by atoms with E-state index in [0.29, 0.717) is 11.5 Å². The topological polar surface area (TPSA) is 21.3 Å². The first-order valence-electron chi connectivity index (χ1n) is 7.38. The Bertz CT molecular complexity index is 238. The zero-order valence-corrected chi connectivity index (χ0v) is 11.8. The van der Waals surface area contributed by atoms with E-state index in [1.807, 2.05) is 0 Å². The molecule has 0 aromatic carbocycles. The van der Waals surface area contributed by atoms with Gasteiger partial charge in [0, 0.05) is 13.1 Å². The average Bonchev–Trinajstić information content (AvgIpc) is 2.61. The van der Waals surface area contributed by atoms with Crippen LogP contribution in [0, 0.1) is 5.41 Å². The normalized spacial score (nSPS) is 28.8. The quantitative estimate of drug-likeness (QED) is 0.814. The summed E-state index contributed by atoms with van der Waals surface area (Å²) < 4.78 is 6.34. The first kappa shape index (κ1) is 13.4. The molecule has 1 N–H and O–H groups in total. The second-order valence-corrected chi connectivity index (χ2v) is 7.21. The van der Waals surface area contributed by atoms with Gasteiger partial charge in [-0.3, -0.25) is 0 Å². The highest BCUT2D eigenvalue weighted by Gasteiger charge is 2.40. The molecule has 0 aromatic rings. The molecule has 100 valence electrons. The molecule has 0 bridgehead atoms. The summed E-state index contributed by atoms with van der Waals surface area (Å²) in [4.78, 5) is 0. The van der Waals surface area contributed by atoms with Gasteiger partial charge < -0.3 is 10.1 Å². The van der Waals surface area contributed by atoms with Gasteiger partial charge in [-0.2, -0.15) is 0 Å². The van der Waals surface area contributed by atoms with Crippen molar-refractivity contribution in [3.8, 4) is 0 Å². The van der Waals surface area contributed by atoms with Gasteiger partial charge in [0.15, 0.2) is 0 Å². The van der Waals surface area contributed by atoms with E-state index in [9.17, 15) is 0 Å². The standard InChI is InChI=1S/C15H29NO/c1-14(2,3)12-16-11-13-7-10-15(17-13)8-5-4-6-9-15/h13,16H,4-12H2,1-3H3. The number of rotatable bonds is 3. The molecule has 1 saturated carbocycles. The molecule has 2 heteroatoms. The van der Waals surface area contributed by atoms with Crippen LogP contribution in [-0.4, -0.2) is 24.8 Å². The van der Waals surface area contributed by atoms with Gasteiger partial charge in [0.1, 0.15) is 0 Å². The van der Waals surface area contributed by atoms with Crippen LogP contribution < -0.4 is 5.32 Å². The first-order chi connectivity index (χ1) is 7.99. The van der Waals surface area contributed by atoms with Gasteiger partial charge in [-0.25, -0.2) is 0 Å². The van der Waals surface area contributed by atoms with Crippen LogP contribution in [0.3, 0.4) is 0 Å². The molecule has 2 fully saturated rings. The molecule has 17 heavy (non-hydrogen) atoms. The second kappa shape index (κ2) is 5.27. The van der Waals surface area contributed by atoms with E-state index >= 15 is 0 Å². The third kappa shape index (κ3) is 3.96. The summed E-state index contributed by atoms with van der Waals surface area (Å²) in [6, 6.07) is 0. The molecular weight excluding hydrogens is 210 g/mol. The summed E-state index contributed by atoms with van der Waals surface area (Å²) in [6.45, 7) is 8.95. The fourth-order valence-corrected chi connectivity index (χ4v) is 3.21. The maximum absolute atomic E-state index is 6.34. The van der Waals surface area contributed by atoms with Crippen LogP contribution in [0.15, 0.2) is 0 Å². The summed E-state index contributed by atoms with van der Waals surface area (Å²) >= 11 is 0. The van der Waals surface area contributed by atoms with Crippen molar-refractivity contribution in [2.45, 2.75) is 77.4 Å². The molecule has 1 heterocycles. The maximum Gasteiger partial charge on any atom is 0.0708 e. The molecule has 1 saturated heterocycles. The zero-order valence-electron chi connectivity index (χ0n) is 11.8. The highest BCUT2D eigenvalue weighted by molar-refractivity contribution is 4.91. The molecule has 2 aliphatic rings. The predicted molar refractivity (Wildman–Crippen MR) is 72.2 cm³/mol. The molecule has 0 amide bonds. The van der Waals surface area contributed by atoms with Crippen LogP contribution in [0.25, 0.3) is 0 Å². The highest BCUT2D eigenvalue weighted by atomic mass is 16.5. The Morgan fingerprint density at radius 2 is 1.82 bits per heavy atom. The lowest BCUT2D eigenvalue weighted by Crippen LogP contribution is -2.36. The van der Waals surface area contributed by atoms with E-state index in [-0.39, 0.29) is 5.60 Å². The molecule has 0 radical (unpaired) electrons. The Kier molecular flexibility index (Phi) is 4.14. The first-order valence-corrected chi connectivity index (χ1v) is 7.38. The predicted octanol–water partition coefficient (Wildman–Crippen LogP) is 3.50. The Hall–Kier alpha value is -0.0800. The molecule has 1 atom stereocenters. The van der Waals surface area contributed by atoms with E-state index in [1.165, 1.54) is 44.9 Å². The van der Waals surface area contributed by atoms with Crippen LogP contribution in [0.4, 0.5) is 0 Å². The van der Waals surface area contributed by atoms with Crippen LogP contribution in [0.2, 0.25) is 0 Å². The van der Waals surface area contributed by atoms with E-state index in [1.54, 1.807) is 0 Å². The van der Waals surface area contributed by atoms with Crippen LogP contribution in [-0.2, 0) is 4.74 Å². The third-order valence-electron chi connectivity index (χ3n) is 4.13. The van der Waals surface area contributed by atoms with Gasteiger partial charge in [-0.1, -0.05) is 40.0 Å². The fraction of sp³-hybridized carbons (Fsp3) is 1.00. The maximum atomic E-state index is 6.34. The summed E-state index contributed by atoms with van der Waals surface area (Å²) in [6.07, 6.45) is 9.82. The van der Waals surface area contributed by atoms with Gasteiger partial charge in [0.05, 0.1) is 11.7 Å². The van der Waals surface area contributed by atoms with Crippen molar-refractivity contribution < 1.29 is 4.74 Å². The van der Waals surface area contributed by atoms with Crippen LogP contribution in [0.5, 0.6) is 0 Å². The molecule has 1 unspecified atom stereocenters. The molecule has 2 rings (SSSR count). The summed E-state index contributed by atoms with van der Waals surface area (Å²) in [5.74, 6) is 0. The largest absolute Gasteiger partial charge is 0.370 e. The van der Waals surface area contributed by atoms with Crippen LogP contribution in [0.1, 0.15) is 65.7 Å². The molecule has 2 nitrogen and oxygen atoms in total. The van der Waals surface area contributed by atoms with Crippen molar-refractivity contribution >= 4 is 0 Å². The molecule has 1 spiro atoms. The molecule has 0 aromatic heterocycles. The van der Waals surface area contributed by atoms with Gasteiger partial charge >= 0.3 is 0 Å². The Morgan fingerprint density at radius 3 is 2.47 bits per heavy atom. The molecule has 1 aliphatic carbocycles. The highest BCUT2D eigenvalue weighted by Crippen LogP contribution is 2.41. The lowest BCUT2D eigenvalue weighted by molar-refractivity contribution is -0.0626. The summed E-state index contributed by atoms with van der Waals surface area (Å²) in [5, 5.41) is 3.56. The SMILES string of the molecule is CC(C)(C)CNCC1CCC2(CCCCC2)O1. The number of hydrogen-bond acceptors (Lipinski definition) is 2. The zero-order chi connectivity index (χ0) is 12.4. The number of hydrogen-bond donors (Lipinski definition) is 1. The minimum absolute atomic E-state index is 0.284. The van der Waals surface area contributed by atoms with Gasteiger partial charge in [0.2, 0.25) is 0 Å². The van der Waals surface area contributed by atoms with Crippen molar-refractivity contribution in [3.05, 3.63) is 0 Å². The minimum Gasteiger partial charge on any atom is -0.370 e. The lowest BCUT2D eigenvalue weighted by atomic mass is 9.83. The number of nitrogens with one attached hydrogen (secondary N) is 1. The average molecular weight is 239 g/mol. The van der Waals surface area contributed by atoms with Crippen molar-refractivity contribution in [3.63, 3.8) is 0 Å². The molecular formula is C15H29NO. The van der Waals surface area contributed by atoms with Gasteiger partial charge in [-0.05, 0) is 31.1 Å². The van der Waals surface area contributed by atoms with E-state index in [2.05, 4.69) is 26.1 Å². The fourth-order valence-electron chi connectivity index (χ4n) is 3.21. The molecule has 1 aliphatic heterocycles.